The summed E-state index contributed by atoms with van der Waals surface area (Å²) in [6.45, 7) is 9.98. The van der Waals surface area contributed by atoms with Gasteiger partial charge in [0.2, 0.25) is 0 Å². The van der Waals surface area contributed by atoms with Gasteiger partial charge in [-0.05, 0) is 130 Å². The van der Waals surface area contributed by atoms with Crippen LogP contribution in [0, 0.1) is 0 Å². The summed E-state index contributed by atoms with van der Waals surface area (Å²) in [5.41, 5.74) is 16.7. The predicted molar refractivity (Wildman–Crippen MR) is 244 cm³/mol. The van der Waals surface area contributed by atoms with Crippen molar-refractivity contribution in [1.29, 1.82) is 0 Å². The third-order valence-electron chi connectivity index (χ3n) is 11.8. The number of carbonyl (C=O) groups excluding carboxylic acids is 1. The molecule has 0 bridgehead atoms. The number of hydrogen-bond acceptors (Lipinski definition) is 3. The Bertz CT molecular complexity index is 3060. The molecule has 1 aliphatic carbocycles. The smallest absolute Gasteiger partial charge is 0.338 e. The minimum Gasteiger partial charge on any atom is -0.423 e. The summed E-state index contributed by atoms with van der Waals surface area (Å²) in [6, 6.07) is 67.0. The maximum atomic E-state index is 12.1. The zero-order valence-corrected chi connectivity index (χ0v) is 33.3. The second kappa shape index (κ2) is 14.2. The van der Waals surface area contributed by atoms with Crippen LogP contribution in [0.2, 0.25) is 0 Å². The Morgan fingerprint density at radius 2 is 1.07 bits per heavy atom. The molecule has 59 heavy (non-hydrogen) atoms. The molecule has 0 saturated carbocycles. The van der Waals surface area contributed by atoms with Gasteiger partial charge in [0.05, 0.1) is 11.0 Å². The van der Waals surface area contributed by atoms with Gasteiger partial charge in [-0.2, -0.15) is 0 Å². The Kier molecular flexibility index (Phi) is 8.65. The molecule has 0 amide bonds. The van der Waals surface area contributed by atoms with Crippen LogP contribution in [0.4, 0.5) is 17.1 Å². The van der Waals surface area contributed by atoms with Crippen molar-refractivity contribution >= 4 is 44.8 Å². The van der Waals surface area contributed by atoms with Crippen LogP contribution in [0.15, 0.2) is 200 Å². The Labute approximate surface area is 344 Å². The molecular formula is C55H42N2O2. The lowest BCUT2D eigenvalue weighted by Gasteiger charge is -2.28. The maximum absolute atomic E-state index is 12.1. The number of benzene rings is 8. The molecule has 0 fully saturated rings. The number of anilines is 3. The average Bonchev–Trinajstić information content (AvgIpc) is 3.72. The number of nitrogens with zero attached hydrogens (tertiary/aromatic N) is 2. The highest BCUT2D eigenvalue weighted by Crippen LogP contribution is 2.50. The maximum Gasteiger partial charge on any atom is 0.338 e. The van der Waals surface area contributed by atoms with Gasteiger partial charge in [-0.1, -0.05) is 130 Å². The fraction of sp³-hybridized carbons (Fsp3) is 0.0727. The second-order valence-corrected chi connectivity index (χ2v) is 15.9. The van der Waals surface area contributed by atoms with Gasteiger partial charge in [0.15, 0.2) is 0 Å². The van der Waals surface area contributed by atoms with E-state index in [-0.39, 0.29) is 5.41 Å². The summed E-state index contributed by atoms with van der Waals surface area (Å²) in [4.78, 5) is 14.4. The highest BCUT2D eigenvalue weighted by Gasteiger charge is 2.35. The van der Waals surface area contributed by atoms with E-state index in [1.165, 1.54) is 49.6 Å². The first-order valence-corrected chi connectivity index (χ1v) is 20.1. The van der Waals surface area contributed by atoms with Crippen LogP contribution in [0.3, 0.4) is 0 Å². The number of hydrogen-bond donors (Lipinski definition) is 0. The number of carbonyl (C=O) groups is 1. The lowest BCUT2D eigenvalue weighted by atomic mass is 9.82. The van der Waals surface area contributed by atoms with Crippen LogP contribution in [0.25, 0.3) is 60.9 Å². The molecule has 0 aliphatic heterocycles. The lowest BCUT2D eigenvalue weighted by molar-refractivity contribution is -0.130. The van der Waals surface area contributed by atoms with E-state index in [0.717, 1.165) is 39.4 Å². The fourth-order valence-corrected chi connectivity index (χ4v) is 8.80. The zero-order chi connectivity index (χ0) is 40.3. The van der Waals surface area contributed by atoms with Gasteiger partial charge in [-0.3, -0.25) is 0 Å². The van der Waals surface area contributed by atoms with E-state index in [0.29, 0.717) is 11.3 Å². The van der Waals surface area contributed by atoms with Crippen molar-refractivity contribution in [2.45, 2.75) is 26.2 Å². The highest BCUT2D eigenvalue weighted by atomic mass is 16.5. The number of ether oxygens (including phenoxy) is 1. The minimum atomic E-state index is -0.428. The second-order valence-electron chi connectivity index (χ2n) is 15.9. The first-order valence-electron chi connectivity index (χ1n) is 20.1. The van der Waals surface area contributed by atoms with Crippen molar-refractivity contribution in [3.63, 3.8) is 0 Å². The molecule has 0 atom stereocenters. The summed E-state index contributed by atoms with van der Waals surface area (Å²) >= 11 is 0. The van der Waals surface area contributed by atoms with E-state index < -0.39 is 5.97 Å². The molecule has 0 saturated heterocycles. The number of aromatic nitrogens is 1. The van der Waals surface area contributed by atoms with E-state index in [9.17, 15) is 4.79 Å². The number of rotatable bonds is 8. The van der Waals surface area contributed by atoms with Crippen LogP contribution >= 0.6 is 0 Å². The SMILES string of the molecule is C=C(C)C(=O)Oc1ccc(-c2ccc(N(c3ccc(-c4ccc5c(c4)c4ccccc4n5-c4ccccc4)cc3)c3ccc4c(c3)C(C)(C)c3ccccc3-4)cc2)cc1. The monoisotopic (exact) mass is 762 g/mol. The quantitative estimate of drug-likeness (QED) is 0.0878. The normalized spacial score (nSPS) is 12.6. The average molecular weight is 763 g/mol. The van der Waals surface area contributed by atoms with E-state index >= 15 is 0 Å². The Morgan fingerprint density at radius 1 is 0.525 bits per heavy atom. The molecule has 4 heteroatoms. The molecule has 4 nitrogen and oxygen atoms in total. The van der Waals surface area contributed by atoms with Crippen LogP contribution in [-0.2, 0) is 10.2 Å². The predicted octanol–water partition coefficient (Wildman–Crippen LogP) is 14.4. The molecular weight excluding hydrogens is 721 g/mol. The van der Waals surface area contributed by atoms with Gasteiger partial charge in [-0.25, -0.2) is 4.79 Å². The molecule has 10 rings (SSSR count). The summed E-state index contributed by atoms with van der Waals surface area (Å²) in [5, 5.41) is 2.47. The van der Waals surface area contributed by atoms with Gasteiger partial charge >= 0.3 is 5.97 Å². The number of fused-ring (bicyclic) bond motifs is 6. The molecule has 9 aromatic rings. The Balaban J connectivity index is 1.03. The summed E-state index contributed by atoms with van der Waals surface area (Å²) < 4.78 is 7.78. The molecule has 284 valence electrons. The van der Waals surface area contributed by atoms with Crippen molar-refractivity contribution < 1.29 is 9.53 Å². The third kappa shape index (κ3) is 6.21. The number of esters is 1. The topological polar surface area (TPSA) is 34.5 Å². The van der Waals surface area contributed by atoms with E-state index in [2.05, 4.69) is 194 Å². The van der Waals surface area contributed by atoms with Gasteiger partial charge in [0, 0.05) is 44.5 Å². The molecule has 1 aromatic heterocycles. The first-order chi connectivity index (χ1) is 28.7. The van der Waals surface area contributed by atoms with Gasteiger partial charge in [0.25, 0.3) is 0 Å². The summed E-state index contributed by atoms with van der Waals surface area (Å²) in [5.74, 6) is 0.0656. The minimum absolute atomic E-state index is 0.130. The van der Waals surface area contributed by atoms with Crippen LogP contribution in [0.5, 0.6) is 5.75 Å². The van der Waals surface area contributed by atoms with Crippen LogP contribution in [-0.4, -0.2) is 10.5 Å². The standard InChI is InChI=1S/C55H42N2O2/c1-36(2)54(58)59-45-30-22-38(23-31-45)37-18-25-42(26-19-37)56(44-29-32-47-46-14-8-10-16-50(46)55(3,4)51(47)35-44)43-27-20-39(21-28-43)40-24-33-53-49(34-40)48-15-9-11-17-52(48)57(53)41-12-6-5-7-13-41/h5-35H,1H2,2-4H3. The molecule has 0 N–H and O–H groups in total. The van der Waals surface area contributed by atoms with Crippen molar-refractivity contribution in [2.24, 2.45) is 0 Å². The van der Waals surface area contributed by atoms with Crippen molar-refractivity contribution in [3.8, 4) is 44.8 Å². The van der Waals surface area contributed by atoms with Crippen LogP contribution < -0.4 is 9.64 Å². The Morgan fingerprint density at radius 3 is 1.76 bits per heavy atom. The summed E-state index contributed by atoms with van der Waals surface area (Å²) in [6.07, 6.45) is 0. The fourth-order valence-electron chi connectivity index (χ4n) is 8.80. The molecule has 1 aliphatic rings. The zero-order valence-electron chi connectivity index (χ0n) is 33.3. The van der Waals surface area contributed by atoms with Gasteiger partial charge in [0.1, 0.15) is 5.75 Å². The third-order valence-corrected chi connectivity index (χ3v) is 11.8. The van der Waals surface area contributed by atoms with Gasteiger partial charge < -0.3 is 14.2 Å². The van der Waals surface area contributed by atoms with Gasteiger partial charge in [-0.15, -0.1) is 0 Å². The molecule has 0 unspecified atom stereocenters. The van der Waals surface area contributed by atoms with Crippen molar-refractivity contribution in [2.75, 3.05) is 4.90 Å². The molecule has 0 spiro atoms. The molecule has 0 radical (unpaired) electrons. The van der Waals surface area contributed by atoms with E-state index in [1.807, 2.05) is 24.3 Å². The molecule has 1 heterocycles. The van der Waals surface area contributed by atoms with Crippen molar-refractivity contribution in [1.82, 2.24) is 4.57 Å². The van der Waals surface area contributed by atoms with E-state index in [1.54, 1.807) is 6.92 Å². The van der Waals surface area contributed by atoms with Crippen molar-refractivity contribution in [3.05, 3.63) is 211 Å². The lowest BCUT2D eigenvalue weighted by Crippen LogP contribution is -2.16. The Hall–Kier alpha value is -7.43. The van der Waals surface area contributed by atoms with Crippen LogP contribution in [0.1, 0.15) is 31.9 Å². The molecule has 8 aromatic carbocycles. The summed E-state index contributed by atoms with van der Waals surface area (Å²) in [7, 11) is 0. The first kappa shape index (κ1) is 35.9. The number of para-hydroxylation sites is 2. The highest BCUT2D eigenvalue weighted by molar-refractivity contribution is 6.10. The van der Waals surface area contributed by atoms with E-state index in [4.69, 9.17) is 4.74 Å². The largest absolute Gasteiger partial charge is 0.423 e.